The predicted molar refractivity (Wildman–Crippen MR) is 121 cm³/mol. The van der Waals surface area contributed by atoms with E-state index in [9.17, 15) is 8.42 Å². The van der Waals surface area contributed by atoms with Crippen LogP contribution < -0.4 is 10.0 Å². The third-order valence-corrected chi connectivity index (χ3v) is 6.79. The number of hydrogen-bond acceptors (Lipinski definition) is 4. The zero-order valence-electron chi connectivity index (χ0n) is 16.9. The molecule has 2 aromatic heterocycles. The largest absolute Gasteiger partial charge is 0.361 e. The minimum absolute atomic E-state index is 0.212. The third kappa shape index (κ3) is 4.70. The number of hydrogen-bond donors (Lipinski definition) is 3. The number of aryl methyl sites for hydroxylation is 1. The summed E-state index contributed by atoms with van der Waals surface area (Å²) in [5.74, 6) is 0. The van der Waals surface area contributed by atoms with Crippen LogP contribution in [0.5, 0.6) is 0 Å². The Morgan fingerprint density at radius 2 is 1.97 bits per heavy atom. The van der Waals surface area contributed by atoms with Crippen molar-refractivity contribution >= 4 is 31.7 Å². The van der Waals surface area contributed by atoms with Gasteiger partial charge in [-0.1, -0.05) is 24.3 Å². The predicted octanol–water partition coefficient (Wildman–Crippen LogP) is 3.61. The zero-order valence-corrected chi connectivity index (χ0v) is 17.7. The van der Waals surface area contributed by atoms with Gasteiger partial charge in [0.1, 0.15) is 0 Å². The first kappa shape index (κ1) is 20.5. The van der Waals surface area contributed by atoms with Gasteiger partial charge in [-0.3, -0.25) is 4.98 Å². The fourth-order valence-corrected chi connectivity index (χ4v) is 4.94. The lowest BCUT2D eigenvalue weighted by molar-refractivity contribution is 0.532. The summed E-state index contributed by atoms with van der Waals surface area (Å²) in [5, 5.41) is 6.40. The highest BCUT2D eigenvalue weighted by molar-refractivity contribution is 7.89. The molecule has 2 aromatic carbocycles. The minimum atomic E-state index is -3.57. The molecule has 0 spiro atoms. The Morgan fingerprint density at radius 1 is 1.10 bits per heavy atom. The van der Waals surface area contributed by atoms with Crippen LogP contribution in [0.1, 0.15) is 18.9 Å². The van der Waals surface area contributed by atoms with Gasteiger partial charge in [-0.15, -0.1) is 0 Å². The van der Waals surface area contributed by atoms with E-state index in [2.05, 4.69) is 44.4 Å². The molecular weight excluding hydrogens is 396 g/mol. The van der Waals surface area contributed by atoms with Crippen LogP contribution in [-0.2, 0) is 16.4 Å². The molecule has 4 aromatic rings. The van der Waals surface area contributed by atoms with Crippen molar-refractivity contribution in [2.45, 2.75) is 30.7 Å². The molecule has 0 bridgehead atoms. The van der Waals surface area contributed by atoms with Crippen molar-refractivity contribution in [3.05, 3.63) is 72.7 Å². The first-order valence-electron chi connectivity index (χ1n) is 10.1. The Kier molecular flexibility index (Phi) is 6.13. The summed E-state index contributed by atoms with van der Waals surface area (Å²) in [4.78, 5) is 7.63. The van der Waals surface area contributed by atoms with Crippen LogP contribution in [0, 0.1) is 0 Å². The van der Waals surface area contributed by atoms with Gasteiger partial charge in [-0.05, 0) is 61.5 Å². The Bertz CT molecular complexity index is 1250. The molecular formula is C23H26N4O2S. The Balaban J connectivity index is 1.26. The van der Waals surface area contributed by atoms with Gasteiger partial charge in [0.05, 0.1) is 4.90 Å². The molecule has 3 N–H and O–H groups in total. The van der Waals surface area contributed by atoms with Crippen molar-refractivity contribution in [2.75, 3.05) is 13.1 Å². The second kappa shape index (κ2) is 8.95. The number of fused-ring (bicyclic) bond motifs is 2. The molecule has 1 atom stereocenters. The van der Waals surface area contributed by atoms with Crippen LogP contribution >= 0.6 is 0 Å². The molecule has 0 saturated heterocycles. The summed E-state index contributed by atoms with van der Waals surface area (Å²) in [6.07, 6.45) is 7.42. The lowest BCUT2D eigenvalue weighted by Gasteiger charge is -2.15. The molecule has 156 valence electrons. The summed E-state index contributed by atoms with van der Waals surface area (Å²) in [6, 6.07) is 15.0. The van der Waals surface area contributed by atoms with Gasteiger partial charge < -0.3 is 10.3 Å². The van der Waals surface area contributed by atoms with Gasteiger partial charge in [0, 0.05) is 47.5 Å². The number of benzene rings is 2. The summed E-state index contributed by atoms with van der Waals surface area (Å²) in [7, 11) is -3.57. The Morgan fingerprint density at radius 3 is 2.87 bits per heavy atom. The molecule has 0 fully saturated rings. The van der Waals surface area contributed by atoms with Crippen LogP contribution in [0.4, 0.5) is 0 Å². The monoisotopic (exact) mass is 422 g/mol. The molecule has 4 rings (SSSR count). The summed E-state index contributed by atoms with van der Waals surface area (Å²) < 4.78 is 28.1. The molecule has 30 heavy (non-hydrogen) atoms. The number of rotatable bonds is 9. The first-order chi connectivity index (χ1) is 14.5. The molecule has 0 aliphatic heterocycles. The molecule has 0 amide bonds. The zero-order chi connectivity index (χ0) is 21.0. The lowest BCUT2D eigenvalue weighted by atomic mass is 10.1. The molecule has 7 heteroatoms. The second-order valence-electron chi connectivity index (χ2n) is 7.57. The summed E-state index contributed by atoms with van der Waals surface area (Å²) in [5.41, 5.74) is 2.47. The van der Waals surface area contributed by atoms with Gasteiger partial charge in [0.2, 0.25) is 10.0 Å². The van der Waals surface area contributed by atoms with Gasteiger partial charge in [-0.25, -0.2) is 13.1 Å². The highest BCUT2D eigenvalue weighted by Crippen LogP contribution is 2.19. The Hall–Kier alpha value is -2.74. The number of H-pyrrole nitrogens is 1. The SMILES string of the molecule is CC(CNCCCc1c[nH]c2ccccc12)NS(=O)(=O)c1ccc2cnccc2c1. The number of para-hydroxylation sites is 1. The number of aromatic amines is 1. The quantitative estimate of drug-likeness (QED) is 0.360. The van der Waals surface area contributed by atoms with Crippen molar-refractivity contribution in [1.82, 2.24) is 20.0 Å². The Labute approximate surface area is 176 Å². The van der Waals surface area contributed by atoms with Crippen molar-refractivity contribution in [1.29, 1.82) is 0 Å². The minimum Gasteiger partial charge on any atom is -0.361 e. The van der Waals surface area contributed by atoms with E-state index < -0.39 is 10.0 Å². The van der Waals surface area contributed by atoms with Gasteiger partial charge in [0.25, 0.3) is 0 Å². The highest BCUT2D eigenvalue weighted by atomic mass is 32.2. The summed E-state index contributed by atoms with van der Waals surface area (Å²) >= 11 is 0. The van der Waals surface area contributed by atoms with E-state index in [-0.39, 0.29) is 10.9 Å². The third-order valence-electron chi connectivity index (χ3n) is 5.20. The topological polar surface area (TPSA) is 86.9 Å². The first-order valence-corrected chi connectivity index (χ1v) is 11.6. The highest BCUT2D eigenvalue weighted by Gasteiger charge is 2.17. The van der Waals surface area contributed by atoms with Crippen LogP contribution in [0.15, 0.2) is 72.0 Å². The van der Waals surface area contributed by atoms with E-state index in [0.717, 1.165) is 35.7 Å². The van der Waals surface area contributed by atoms with Crippen LogP contribution in [0.3, 0.4) is 0 Å². The number of nitrogens with zero attached hydrogens (tertiary/aromatic N) is 1. The van der Waals surface area contributed by atoms with Crippen LogP contribution in [-0.4, -0.2) is 37.5 Å². The fourth-order valence-electron chi connectivity index (χ4n) is 3.66. The molecule has 2 heterocycles. The number of aromatic nitrogens is 2. The standard InChI is InChI=1S/C23H26N4O2S/c1-17(14-24-11-4-5-20-16-26-23-7-3-2-6-22(20)23)27-30(28,29)21-9-8-19-15-25-12-10-18(19)13-21/h2-3,6-10,12-13,15-17,24,26-27H,4-5,11,14H2,1H3. The maximum atomic E-state index is 12.7. The van der Waals surface area contributed by atoms with E-state index in [1.54, 1.807) is 30.6 Å². The smallest absolute Gasteiger partial charge is 0.240 e. The average molecular weight is 423 g/mol. The molecule has 0 saturated carbocycles. The maximum Gasteiger partial charge on any atom is 0.240 e. The molecule has 0 aliphatic rings. The lowest BCUT2D eigenvalue weighted by Crippen LogP contribution is -2.40. The summed E-state index contributed by atoms with van der Waals surface area (Å²) in [6.45, 7) is 3.27. The maximum absolute atomic E-state index is 12.7. The van der Waals surface area contributed by atoms with Crippen LogP contribution in [0.2, 0.25) is 0 Å². The van der Waals surface area contributed by atoms with E-state index >= 15 is 0 Å². The molecule has 0 aliphatic carbocycles. The number of sulfonamides is 1. The fraction of sp³-hybridized carbons (Fsp3) is 0.261. The van der Waals surface area contributed by atoms with E-state index in [1.807, 2.05) is 19.1 Å². The second-order valence-corrected chi connectivity index (χ2v) is 9.29. The van der Waals surface area contributed by atoms with Crippen molar-refractivity contribution in [3.8, 4) is 0 Å². The van der Waals surface area contributed by atoms with E-state index in [4.69, 9.17) is 0 Å². The molecule has 0 radical (unpaired) electrons. The van der Waals surface area contributed by atoms with Gasteiger partial charge >= 0.3 is 0 Å². The van der Waals surface area contributed by atoms with Crippen LogP contribution in [0.25, 0.3) is 21.7 Å². The average Bonchev–Trinajstić information content (AvgIpc) is 3.16. The van der Waals surface area contributed by atoms with Crippen molar-refractivity contribution in [2.24, 2.45) is 0 Å². The van der Waals surface area contributed by atoms with E-state index in [0.29, 0.717) is 6.54 Å². The molecule has 1 unspecified atom stereocenters. The molecule has 6 nitrogen and oxygen atoms in total. The van der Waals surface area contributed by atoms with Crippen molar-refractivity contribution in [3.63, 3.8) is 0 Å². The normalized spacial score (nSPS) is 13.1. The number of pyridine rings is 1. The van der Waals surface area contributed by atoms with Gasteiger partial charge in [0.15, 0.2) is 0 Å². The van der Waals surface area contributed by atoms with E-state index in [1.165, 1.54) is 10.9 Å². The van der Waals surface area contributed by atoms with Gasteiger partial charge in [-0.2, -0.15) is 0 Å². The van der Waals surface area contributed by atoms with Crippen molar-refractivity contribution < 1.29 is 8.42 Å². The number of nitrogens with one attached hydrogen (secondary N) is 3.